The summed E-state index contributed by atoms with van der Waals surface area (Å²) in [5.41, 5.74) is -0.537. The van der Waals surface area contributed by atoms with Gasteiger partial charge < -0.3 is 4.74 Å². The first-order valence-electron chi connectivity index (χ1n) is 5.85. The monoisotopic (exact) mass is 422 g/mol. The molecule has 0 fully saturated rings. The molecule has 1 heterocycles. The molecule has 0 spiro atoms. The van der Waals surface area contributed by atoms with Crippen molar-refractivity contribution in [2.45, 2.75) is 6.54 Å². The Morgan fingerprint density at radius 3 is 2.52 bits per heavy atom. The van der Waals surface area contributed by atoms with Crippen LogP contribution in [0.2, 0.25) is 0 Å². The minimum absolute atomic E-state index is 0.0761. The van der Waals surface area contributed by atoms with Gasteiger partial charge in [-0.05, 0) is 28.1 Å². The van der Waals surface area contributed by atoms with Crippen LogP contribution in [0.15, 0.2) is 27.3 Å². The van der Waals surface area contributed by atoms with Crippen LogP contribution in [0.1, 0.15) is 16.1 Å². The molecule has 2 aromatic rings. The summed E-state index contributed by atoms with van der Waals surface area (Å²) in [4.78, 5) is 12.4. The molecular formula is C13H10Br2F2N2O2. The van der Waals surface area contributed by atoms with Gasteiger partial charge in [-0.3, -0.25) is 9.48 Å². The third-order valence-corrected chi connectivity index (χ3v) is 3.79. The molecule has 0 unspecified atom stereocenters. The van der Waals surface area contributed by atoms with Crippen LogP contribution in [-0.2, 0) is 11.3 Å². The van der Waals surface area contributed by atoms with Crippen LogP contribution >= 0.6 is 31.9 Å². The van der Waals surface area contributed by atoms with E-state index in [1.807, 2.05) is 0 Å². The molecule has 0 saturated heterocycles. The van der Waals surface area contributed by atoms with E-state index in [0.717, 1.165) is 12.1 Å². The molecule has 0 radical (unpaired) electrons. The number of rotatable bonds is 5. The third-order valence-electron chi connectivity index (χ3n) is 2.75. The summed E-state index contributed by atoms with van der Waals surface area (Å²) in [6.45, 7) is 0.614. The lowest BCUT2D eigenvalue weighted by Crippen LogP contribution is -2.17. The van der Waals surface area contributed by atoms with Crippen molar-refractivity contribution in [2.24, 2.45) is 0 Å². The Balaban J connectivity index is 2.48. The van der Waals surface area contributed by atoms with Gasteiger partial charge in [0.25, 0.3) is 0 Å². The second-order valence-corrected chi connectivity index (χ2v) is 5.90. The number of aromatic nitrogens is 2. The van der Waals surface area contributed by atoms with E-state index in [2.05, 4.69) is 37.0 Å². The van der Waals surface area contributed by atoms with Gasteiger partial charge in [-0.1, -0.05) is 15.9 Å². The maximum Gasteiger partial charge on any atom is 0.218 e. The van der Waals surface area contributed by atoms with Gasteiger partial charge in [0.05, 0.1) is 29.4 Å². The van der Waals surface area contributed by atoms with Crippen molar-refractivity contribution in [3.63, 3.8) is 0 Å². The summed E-state index contributed by atoms with van der Waals surface area (Å²) in [5, 5.41) is 3.99. The highest BCUT2D eigenvalue weighted by atomic mass is 79.9. The fraction of sp³-hybridized carbons (Fsp3) is 0.231. The number of nitrogens with zero attached hydrogens (tertiary/aromatic N) is 2. The lowest BCUT2D eigenvalue weighted by molar-refractivity contribution is 0.101. The molecule has 4 nitrogen and oxygen atoms in total. The molecule has 0 atom stereocenters. The van der Waals surface area contributed by atoms with Gasteiger partial charge in [0, 0.05) is 11.6 Å². The molecule has 0 aliphatic rings. The summed E-state index contributed by atoms with van der Waals surface area (Å²) >= 11 is 6.14. The lowest BCUT2D eigenvalue weighted by Gasteiger charge is -2.09. The molecule has 21 heavy (non-hydrogen) atoms. The first-order chi connectivity index (χ1) is 9.95. The summed E-state index contributed by atoms with van der Waals surface area (Å²) in [6.07, 6.45) is 1.40. The molecule has 112 valence electrons. The first kappa shape index (κ1) is 16.3. The predicted molar refractivity (Wildman–Crippen MR) is 79.3 cm³/mol. The molecule has 0 aliphatic heterocycles. The summed E-state index contributed by atoms with van der Waals surface area (Å²) in [7, 11) is 1.51. The molecule has 0 bridgehead atoms. The summed E-state index contributed by atoms with van der Waals surface area (Å²) < 4.78 is 34.7. The van der Waals surface area contributed by atoms with Gasteiger partial charge in [0.15, 0.2) is 0 Å². The minimum Gasteiger partial charge on any atom is -0.383 e. The van der Waals surface area contributed by atoms with Crippen molar-refractivity contribution in [1.29, 1.82) is 0 Å². The van der Waals surface area contributed by atoms with Crippen molar-refractivity contribution in [1.82, 2.24) is 9.78 Å². The second kappa shape index (κ2) is 6.76. The average molecular weight is 424 g/mol. The number of methoxy groups -OCH3 is 1. The third kappa shape index (κ3) is 3.38. The largest absolute Gasteiger partial charge is 0.383 e. The standard InChI is InChI=1S/C13H10Br2F2N2O2/c1-21-3-2-19-12(8(15)6-18-19)13(20)11-9(16)4-7(14)5-10(11)17/h4-6H,2-3H2,1H3. The number of ether oxygens (including phenoxy) is 1. The van der Waals surface area contributed by atoms with Gasteiger partial charge in [-0.2, -0.15) is 5.10 Å². The molecule has 0 N–H and O–H groups in total. The van der Waals surface area contributed by atoms with Gasteiger partial charge in [-0.15, -0.1) is 0 Å². The van der Waals surface area contributed by atoms with Crippen LogP contribution in [0, 0.1) is 11.6 Å². The van der Waals surface area contributed by atoms with Crippen LogP contribution in [0.4, 0.5) is 8.78 Å². The van der Waals surface area contributed by atoms with E-state index < -0.39 is 23.0 Å². The number of hydrogen-bond acceptors (Lipinski definition) is 3. The van der Waals surface area contributed by atoms with Crippen molar-refractivity contribution in [3.05, 3.63) is 50.2 Å². The van der Waals surface area contributed by atoms with Crippen molar-refractivity contribution in [2.75, 3.05) is 13.7 Å². The lowest BCUT2D eigenvalue weighted by atomic mass is 10.1. The Bertz CT molecular complexity index is 666. The zero-order valence-corrected chi connectivity index (χ0v) is 14.0. The number of ketones is 1. The van der Waals surface area contributed by atoms with Crippen molar-refractivity contribution >= 4 is 37.6 Å². The SMILES string of the molecule is COCCn1ncc(Br)c1C(=O)c1c(F)cc(Br)cc1F. The number of halogens is 4. The van der Waals surface area contributed by atoms with E-state index in [0.29, 0.717) is 17.6 Å². The van der Waals surface area contributed by atoms with Crippen LogP contribution in [-0.4, -0.2) is 29.3 Å². The van der Waals surface area contributed by atoms with E-state index in [-0.39, 0.29) is 10.2 Å². The quantitative estimate of drug-likeness (QED) is 0.690. The normalized spacial score (nSPS) is 10.9. The highest BCUT2D eigenvalue weighted by molar-refractivity contribution is 9.10. The molecule has 1 aromatic carbocycles. The average Bonchev–Trinajstić information content (AvgIpc) is 2.76. The summed E-state index contributed by atoms with van der Waals surface area (Å²) in [6, 6.07) is 2.08. The minimum atomic E-state index is -0.932. The van der Waals surface area contributed by atoms with Crippen molar-refractivity contribution in [3.8, 4) is 0 Å². The molecule has 0 saturated carbocycles. The fourth-order valence-corrected chi connectivity index (χ4v) is 2.69. The van der Waals surface area contributed by atoms with Gasteiger partial charge in [-0.25, -0.2) is 8.78 Å². The highest BCUT2D eigenvalue weighted by Crippen LogP contribution is 2.25. The second-order valence-electron chi connectivity index (χ2n) is 4.13. The number of carbonyl (C=O) groups is 1. The van der Waals surface area contributed by atoms with Gasteiger partial charge in [0.1, 0.15) is 17.3 Å². The van der Waals surface area contributed by atoms with Crippen LogP contribution in [0.3, 0.4) is 0 Å². The van der Waals surface area contributed by atoms with E-state index in [1.54, 1.807) is 0 Å². The Morgan fingerprint density at radius 1 is 1.33 bits per heavy atom. The van der Waals surface area contributed by atoms with E-state index in [1.165, 1.54) is 18.0 Å². The van der Waals surface area contributed by atoms with Crippen molar-refractivity contribution < 1.29 is 18.3 Å². The van der Waals surface area contributed by atoms with Crippen LogP contribution in [0.25, 0.3) is 0 Å². The Kier molecular flexibility index (Phi) is 5.23. The van der Waals surface area contributed by atoms with Crippen LogP contribution in [0.5, 0.6) is 0 Å². The van der Waals surface area contributed by atoms with E-state index >= 15 is 0 Å². The number of hydrogen-bond donors (Lipinski definition) is 0. The zero-order chi connectivity index (χ0) is 15.6. The molecular weight excluding hydrogens is 414 g/mol. The Morgan fingerprint density at radius 2 is 1.95 bits per heavy atom. The highest BCUT2D eigenvalue weighted by Gasteiger charge is 2.25. The number of benzene rings is 1. The topological polar surface area (TPSA) is 44.1 Å². The van der Waals surface area contributed by atoms with Crippen LogP contribution < -0.4 is 0 Å². The fourth-order valence-electron chi connectivity index (χ4n) is 1.81. The maximum absolute atomic E-state index is 13.9. The first-order valence-corrected chi connectivity index (χ1v) is 7.43. The number of carbonyl (C=O) groups excluding carboxylic acids is 1. The molecule has 1 aromatic heterocycles. The molecule has 0 amide bonds. The van der Waals surface area contributed by atoms with Gasteiger partial charge in [0.2, 0.25) is 5.78 Å². The smallest absolute Gasteiger partial charge is 0.218 e. The molecule has 2 rings (SSSR count). The van der Waals surface area contributed by atoms with E-state index in [4.69, 9.17) is 4.74 Å². The molecule has 8 heteroatoms. The Labute approximate surface area is 136 Å². The maximum atomic E-state index is 13.9. The zero-order valence-electron chi connectivity index (χ0n) is 10.9. The van der Waals surface area contributed by atoms with Gasteiger partial charge >= 0.3 is 0 Å². The predicted octanol–water partition coefficient (Wildman–Crippen LogP) is 3.56. The summed E-state index contributed by atoms with van der Waals surface area (Å²) in [5.74, 6) is -2.64. The van der Waals surface area contributed by atoms with E-state index in [9.17, 15) is 13.6 Å². The Hall–Kier alpha value is -1.12. The molecule has 0 aliphatic carbocycles.